The van der Waals surface area contributed by atoms with Crippen LogP contribution in [0.25, 0.3) is 0 Å². The van der Waals surface area contributed by atoms with Crippen LogP contribution in [0.3, 0.4) is 0 Å². The molecule has 0 aliphatic heterocycles. The predicted octanol–water partition coefficient (Wildman–Crippen LogP) is 4.19. The van der Waals surface area contributed by atoms with E-state index in [1.165, 1.54) is 5.56 Å². The number of nitrogens with one attached hydrogen (secondary N) is 2. The van der Waals surface area contributed by atoms with Gasteiger partial charge in [0, 0.05) is 17.3 Å². The number of anilines is 3. The number of hydrogen-bond donors (Lipinski definition) is 2. The summed E-state index contributed by atoms with van der Waals surface area (Å²) in [5.41, 5.74) is 3.29. The van der Waals surface area contributed by atoms with E-state index >= 15 is 0 Å². The lowest BCUT2D eigenvalue weighted by Crippen LogP contribution is -2.06. The van der Waals surface area contributed by atoms with E-state index in [-0.39, 0.29) is 0 Å². The van der Waals surface area contributed by atoms with Gasteiger partial charge in [-0.25, -0.2) is 0 Å². The molecule has 3 rings (SSSR count). The van der Waals surface area contributed by atoms with Crippen molar-refractivity contribution in [2.24, 2.45) is 0 Å². The largest absolute Gasteiger partial charge is 0.349 e. The van der Waals surface area contributed by atoms with E-state index < -0.39 is 0 Å². The molecule has 0 radical (unpaired) electrons. The number of halogens is 1. The highest BCUT2D eigenvalue weighted by atomic mass is 35.5. The smallest absolute Gasteiger partial charge is 0.244 e. The third-order valence-corrected chi connectivity index (χ3v) is 3.50. The van der Waals surface area contributed by atoms with Gasteiger partial charge < -0.3 is 10.6 Å². The molecule has 0 atom stereocenters. The average Bonchev–Trinajstić information content (AvgIpc) is 2.57. The highest BCUT2D eigenvalue weighted by molar-refractivity contribution is 6.30. The summed E-state index contributed by atoms with van der Waals surface area (Å²) >= 11 is 5.87. The topological polar surface area (TPSA) is 62.7 Å². The van der Waals surface area contributed by atoms with Crippen molar-refractivity contribution in [2.75, 3.05) is 10.6 Å². The molecule has 0 amide bonds. The van der Waals surface area contributed by atoms with Crippen LogP contribution in [0, 0.1) is 6.92 Å². The van der Waals surface area contributed by atoms with Crippen molar-refractivity contribution in [2.45, 2.75) is 13.5 Å². The molecule has 0 unspecified atom stereocenters. The molecular formula is C17H16ClN5. The fourth-order valence-corrected chi connectivity index (χ4v) is 2.13. The highest BCUT2D eigenvalue weighted by Crippen LogP contribution is 2.17. The second kappa shape index (κ2) is 7.07. The summed E-state index contributed by atoms with van der Waals surface area (Å²) in [5, 5.41) is 15.0. The van der Waals surface area contributed by atoms with Crippen LogP contribution in [0.5, 0.6) is 0 Å². The van der Waals surface area contributed by atoms with Crippen molar-refractivity contribution in [1.82, 2.24) is 15.2 Å². The second-order valence-electron chi connectivity index (χ2n) is 5.14. The van der Waals surface area contributed by atoms with Gasteiger partial charge in [0.15, 0.2) is 5.82 Å². The summed E-state index contributed by atoms with van der Waals surface area (Å²) in [5.74, 6) is 1.10. The average molecular weight is 326 g/mol. The first-order chi connectivity index (χ1) is 11.2. The molecule has 0 saturated carbocycles. The van der Waals surface area contributed by atoms with Crippen LogP contribution in [0.1, 0.15) is 11.1 Å². The lowest BCUT2D eigenvalue weighted by Gasteiger charge is -2.08. The summed E-state index contributed by atoms with van der Waals surface area (Å²) in [6.45, 7) is 2.71. The van der Waals surface area contributed by atoms with E-state index in [1.54, 1.807) is 6.20 Å². The van der Waals surface area contributed by atoms with Crippen molar-refractivity contribution in [1.29, 1.82) is 0 Å². The zero-order valence-corrected chi connectivity index (χ0v) is 13.4. The maximum atomic E-state index is 5.87. The second-order valence-corrected chi connectivity index (χ2v) is 5.57. The Kier molecular flexibility index (Phi) is 4.68. The first kappa shape index (κ1) is 15.2. The summed E-state index contributed by atoms with van der Waals surface area (Å²) in [6, 6.07) is 15.7. The predicted molar refractivity (Wildman–Crippen MR) is 93.1 cm³/mol. The molecule has 5 nitrogen and oxygen atoms in total. The van der Waals surface area contributed by atoms with Crippen LogP contribution in [0.4, 0.5) is 17.5 Å². The number of nitrogens with zero attached hydrogens (tertiary/aromatic N) is 3. The molecule has 0 aliphatic rings. The zero-order chi connectivity index (χ0) is 16.1. The number of aromatic nitrogens is 3. The SMILES string of the molecule is Cc1ccc(CNc2nncc(Nc3ccc(Cl)cc3)n2)cc1. The van der Waals surface area contributed by atoms with Crippen LogP contribution in [-0.4, -0.2) is 15.2 Å². The zero-order valence-electron chi connectivity index (χ0n) is 12.6. The number of aryl methyl sites for hydroxylation is 1. The van der Waals surface area contributed by atoms with Crippen LogP contribution < -0.4 is 10.6 Å². The van der Waals surface area contributed by atoms with Gasteiger partial charge >= 0.3 is 0 Å². The monoisotopic (exact) mass is 325 g/mol. The van der Waals surface area contributed by atoms with Crippen molar-refractivity contribution in [3.8, 4) is 0 Å². The van der Waals surface area contributed by atoms with E-state index in [1.807, 2.05) is 24.3 Å². The Hall–Kier alpha value is -2.66. The van der Waals surface area contributed by atoms with Gasteiger partial charge in [-0.1, -0.05) is 41.4 Å². The first-order valence-corrected chi connectivity index (χ1v) is 7.58. The maximum Gasteiger partial charge on any atom is 0.244 e. The van der Waals surface area contributed by atoms with E-state index in [9.17, 15) is 0 Å². The van der Waals surface area contributed by atoms with Gasteiger partial charge in [-0.3, -0.25) is 0 Å². The summed E-state index contributed by atoms with van der Waals surface area (Å²) in [7, 11) is 0. The van der Waals surface area contributed by atoms with Crippen molar-refractivity contribution in [3.63, 3.8) is 0 Å². The summed E-state index contributed by atoms with van der Waals surface area (Å²) in [6.07, 6.45) is 1.58. The van der Waals surface area contributed by atoms with Gasteiger partial charge in [0.25, 0.3) is 0 Å². The molecule has 2 aromatic carbocycles. The van der Waals surface area contributed by atoms with E-state index in [0.717, 1.165) is 11.3 Å². The van der Waals surface area contributed by atoms with Crippen LogP contribution in [0.15, 0.2) is 54.7 Å². The molecule has 6 heteroatoms. The van der Waals surface area contributed by atoms with Gasteiger partial charge in [0.1, 0.15) is 0 Å². The van der Waals surface area contributed by atoms with Gasteiger partial charge in [-0.05, 0) is 36.8 Å². The lowest BCUT2D eigenvalue weighted by atomic mass is 10.1. The molecule has 1 aromatic heterocycles. The number of hydrogen-bond acceptors (Lipinski definition) is 5. The van der Waals surface area contributed by atoms with E-state index in [0.29, 0.717) is 23.3 Å². The maximum absolute atomic E-state index is 5.87. The molecule has 1 heterocycles. The van der Waals surface area contributed by atoms with E-state index in [2.05, 4.69) is 57.0 Å². The first-order valence-electron chi connectivity index (χ1n) is 7.21. The third-order valence-electron chi connectivity index (χ3n) is 3.25. The molecular weight excluding hydrogens is 310 g/mol. The number of benzene rings is 2. The minimum atomic E-state index is 0.476. The minimum Gasteiger partial charge on any atom is -0.349 e. The van der Waals surface area contributed by atoms with Gasteiger partial charge in [0.05, 0.1) is 6.20 Å². The minimum absolute atomic E-state index is 0.476. The fraction of sp³-hybridized carbons (Fsp3) is 0.118. The molecule has 3 aromatic rings. The third kappa shape index (κ3) is 4.40. The molecule has 0 aliphatic carbocycles. The highest BCUT2D eigenvalue weighted by Gasteiger charge is 2.02. The fourth-order valence-electron chi connectivity index (χ4n) is 2.01. The molecule has 116 valence electrons. The van der Waals surface area contributed by atoms with Crippen LogP contribution >= 0.6 is 11.6 Å². The molecule has 23 heavy (non-hydrogen) atoms. The normalized spacial score (nSPS) is 10.3. The standard InChI is InChI=1S/C17H16ClN5/c1-12-2-4-13(5-3-12)10-19-17-22-16(11-20-23-17)21-15-8-6-14(18)7-9-15/h2-9,11H,10H2,1H3,(H2,19,21,22,23). The Morgan fingerprint density at radius 3 is 2.48 bits per heavy atom. The van der Waals surface area contributed by atoms with Crippen LogP contribution in [0.2, 0.25) is 5.02 Å². The Balaban J connectivity index is 1.65. The Morgan fingerprint density at radius 1 is 1.00 bits per heavy atom. The number of rotatable bonds is 5. The Bertz CT molecular complexity index is 772. The summed E-state index contributed by atoms with van der Waals surface area (Å²) in [4.78, 5) is 4.39. The molecule has 0 spiro atoms. The lowest BCUT2D eigenvalue weighted by molar-refractivity contribution is 0.948. The molecule has 0 saturated heterocycles. The van der Waals surface area contributed by atoms with Crippen molar-refractivity contribution < 1.29 is 0 Å². The quantitative estimate of drug-likeness (QED) is 0.736. The van der Waals surface area contributed by atoms with Crippen molar-refractivity contribution in [3.05, 3.63) is 70.9 Å². The van der Waals surface area contributed by atoms with E-state index in [4.69, 9.17) is 11.6 Å². The molecule has 2 N–H and O–H groups in total. The summed E-state index contributed by atoms with van der Waals surface area (Å²) < 4.78 is 0. The van der Waals surface area contributed by atoms with Crippen molar-refractivity contribution >= 4 is 29.1 Å². The Labute approximate surface area is 139 Å². The van der Waals surface area contributed by atoms with Gasteiger partial charge in [0.2, 0.25) is 5.95 Å². The Morgan fingerprint density at radius 2 is 1.74 bits per heavy atom. The molecule has 0 fully saturated rings. The van der Waals surface area contributed by atoms with Crippen LogP contribution in [-0.2, 0) is 6.54 Å². The van der Waals surface area contributed by atoms with Gasteiger partial charge in [-0.15, -0.1) is 5.10 Å². The molecule has 0 bridgehead atoms. The van der Waals surface area contributed by atoms with Gasteiger partial charge in [-0.2, -0.15) is 10.1 Å².